The molecular formula is C31H16N2O4. The third kappa shape index (κ3) is 2.78. The number of nitriles is 2. The van der Waals surface area contributed by atoms with E-state index in [0.29, 0.717) is 23.0 Å². The Kier molecular flexibility index (Phi) is 4.39. The SMILES string of the molecule is N#CC1=C(C2(C3=C(C#N)Oc4ccccc4O3)c3ccccc3-c3ccccc32)Oc2ccccc2O1. The zero-order chi connectivity index (χ0) is 25.0. The molecule has 6 nitrogen and oxygen atoms in total. The summed E-state index contributed by atoms with van der Waals surface area (Å²) in [5, 5.41) is 20.5. The molecule has 0 saturated heterocycles. The van der Waals surface area contributed by atoms with Crippen molar-refractivity contribution in [3.63, 3.8) is 0 Å². The number of hydrogen-bond acceptors (Lipinski definition) is 6. The average molecular weight is 480 g/mol. The molecule has 174 valence electrons. The van der Waals surface area contributed by atoms with Crippen LogP contribution in [0.15, 0.2) is 120 Å². The van der Waals surface area contributed by atoms with Gasteiger partial charge in [-0.2, -0.15) is 10.5 Å². The van der Waals surface area contributed by atoms with Crippen LogP contribution in [0.4, 0.5) is 0 Å². The molecule has 2 heterocycles. The van der Waals surface area contributed by atoms with Crippen molar-refractivity contribution < 1.29 is 18.9 Å². The highest BCUT2D eigenvalue weighted by Crippen LogP contribution is 2.60. The van der Waals surface area contributed by atoms with Gasteiger partial charge in [0.05, 0.1) is 0 Å². The highest BCUT2D eigenvalue weighted by Gasteiger charge is 2.57. The molecule has 0 aromatic heterocycles. The minimum atomic E-state index is -1.34. The van der Waals surface area contributed by atoms with Crippen molar-refractivity contribution in [2.45, 2.75) is 5.41 Å². The highest BCUT2D eigenvalue weighted by molar-refractivity contribution is 5.86. The van der Waals surface area contributed by atoms with Crippen molar-refractivity contribution in [2.75, 3.05) is 0 Å². The molecule has 0 atom stereocenters. The smallest absolute Gasteiger partial charge is 0.244 e. The minimum absolute atomic E-state index is 0.0301. The van der Waals surface area contributed by atoms with E-state index in [2.05, 4.69) is 12.1 Å². The first kappa shape index (κ1) is 20.9. The Morgan fingerprint density at radius 1 is 0.459 bits per heavy atom. The van der Waals surface area contributed by atoms with Gasteiger partial charge in [0.25, 0.3) is 0 Å². The van der Waals surface area contributed by atoms with E-state index < -0.39 is 5.41 Å². The molecule has 3 aliphatic rings. The fourth-order valence-electron chi connectivity index (χ4n) is 5.33. The summed E-state index contributed by atoms with van der Waals surface area (Å²) in [4.78, 5) is 0. The van der Waals surface area contributed by atoms with Crippen molar-refractivity contribution in [2.24, 2.45) is 0 Å². The number of nitrogens with zero attached hydrogens (tertiary/aromatic N) is 2. The van der Waals surface area contributed by atoms with Crippen LogP contribution >= 0.6 is 0 Å². The van der Waals surface area contributed by atoms with Gasteiger partial charge in [-0.1, -0.05) is 72.8 Å². The molecule has 0 saturated carbocycles. The van der Waals surface area contributed by atoms with Gasteiger partial charge in [-0.3, -0.25) is 0 Å². The lowest BCUT2D eigenvalue weighted by molar-refractivity contribution is 0.219. The third-order valence-corrected chi connectivity index (χ3v) is 6.80. The summed E-state index contributed by atoms with van der Waals surface area (Å²) in [5.74, 6) is 2.11. The maximum atomic E-state index is 10.3. The van der Waals surface area contributed by atoms with E-state index in [9.17, 15) is 10.5 Å². The van der Waals surface area contributed by atoms with Crippen molar-refractivity contribution in [3.05, 3.63) is 131 Å². The van der Waals surface area contributed by atoms with Gasteiger partial charge in [-0.15, -0.1) is 0 Å². The molecule has 6 heteroatoms. The quantitative estimate of drug-likeness (QED) is 0.332. The van der Waals surface area contributed by atoms with Gasteiger partial charge in [0.2, 0.25) is 11.5 Å². The van der Waals surface area contributed by atoms with E-state index in [-0.39, 0.29) is 23.0 Å². The van der Waals surface area contributed by atoms with Crippen LogP contribution in [0.5, 0.6) is 23.0 Å². The monoisotopic (exact) mass is 480 g/mol. The number of hydrogen-bond donors (Lipinski definition) is 0. The highest BCUT2D eigenvalue weighted by atomic mass is 16.6. The molecule has 4 aromatic rings. The van der Waals surface area contributed by atoms with Crippen LogP contribution in [0.1, 0.15) is 11.1 Å². The van der Waals surface area contributed by atoms with Gasteiger partial charge in [0, 0.05) is 0 Å². The summed E-state index contributed by atoms with van der Waals surface area (Å²) in [6, 6.07) is 34.3. The van der Waals surface area contributed by atoms with E-state index in [4.69, 9.17) is 18.9 Å². The number of para-hydroxylation sites is 4. The topological polar surface area (TPSA) is 84.5 Å². The van der Waals surface area contributed by atoms with E-state index in [1.54, 1.807) is 24.3 Å². The molecule has 37 heavy (non-hydrogen) atoms. The van der Waals surface area contributed by atoms with Crippen molar-refractivity contribution in [3.8, 4) is 46.3 Å². The summed E-state index contributed by atoms with van der Waals surface area (Å²) >= 11 is 0. The number of benzene rings is 4. The molecule has 0 spiro atoms. The number of ether oxygens (including phenoxy) is 4. The second-order valence-electron chi connectivity index (χ2n) is 8.68. The Bertz CT molecular complexity index is 1640. The molecule has 0 fully saturated rings. The molecule has 0 amide bonds. The fourth-order valence-corrected chi connectivity index (χ4v) is 5.33. The first-order valence-corrected chi connectivity index (χ1v) is 11.6. The van der Waals surface area contributed by atoms with Gasteiger partial charge in [0.15, 0.2) is 34.5 Å². The van der Waals surface area contributed by atoms with E-state index in [0.717, 1.165) is 22.3 Å². The van der Waals surface area contributed by atoms with E-state index >= 15 is 0 Å². The Morgan fingerprint density at radius 2 is 0.811 bits per heavy atom. The number of rotatable bonds is 2. The molecule has 2 aliphatic heterocycles. The molecule has 0 bridgehead atoms. The maximum Gasteiger partial charge on any atom is 0.244 e. The average Bonchev–Trinajstić information content (AvgIpc) is 3.26. The molecule has 7 rings (SSSR count). The molecule has 0 unspecified atom stereocenters. The predicted octanol–water partition coefficient (Wildman–Crippen LogP) is 6.37. The van der Waals surface area contributed by atoms with Crippen LogP contribution in [0.3, 0.4) is 0 Å². The van der Waals surface area contributed by atoms with Crippen LogP contribution in [-0.4, -0.2) is 0 Å². The Balaban J connectivity index is 1.61. The Labute approximate surface area is 212 Å². The van der Waals surface area contributed by atoms with E-state index in [1.165, 1.54) is 0 Å². The van der Waals surface area contributed by atoms with Crippen molar-refractivity contribution in [1.29, 1.82) is 10.5 Å². The first-order valence-electron chi connectivity index (χ1n) is 11.6. The number of fused-ring (bicyclic) bond motifs is 5. The van der Waals surface area contributed by atoms with Crippen LogP contribution in [-0.2, 0) is 5.41 Å². The van der Waals surface area contributed by atoms with Crippen LogP contribution < -0.4 is 18.9 Å². The van der Waals surface area contributed by atoms with Crippen molar-refractivity contribution >= 4 is 0 Å². The van der Waals surface area contributed by atoms with Gasteiger partial charge in [-0.05, 0) is 46.5 Å². The first-order chi connectivity index (χ1) is 18.3. The van der Waals surface area contributed by atoms with Crippen LogP contribution in [0.2, 0.25) is 0 Å². The zero-order valence-electron chi connectivity index (χ0n) is 19.3. The predicted molar refractivity (Wildman–Crippen MR) is 133 cm³/mol. The summed E-state index contributed by atoms with van der Waals surface area (Å²) in [6.07, 6.45) is 0. The molecule has 1 aliphatic carbocycles. The zero-order valence-corrected chi connectivity index (χ0v) is 19.3. The van der Waals surface area contributed by atoms with Crippen molar-refractivity contribution in [1.82, 2.24) is 0 Å². The van der Waals surface area contributed by atoms with Gasteiger partial charge >= 0.3 is 0 Å². The van der Waals surface area contributed by atoms with Gasteiger partial charge < -0.3 is 18.9 Å². The Morgan fingerprint density at radius 3 is 1.22 bits per heavy atom. The molecular weight excluding hydrogens is 464 g/mol. The maximum absolute atomic E-state index is 10.3. The summed E-state index contributed by atoms with van der Waals surface area (Å²) in [5.41, 5.74) is 2.08. The van der Waals surface area contributed by atoms with Crippen LogP contribution in [0.25, 0.3) is 11.1 Å². The lowest BCUT2D eigenvalue weighted by Crippen LogP contribution is -2.40. The summed E-state index contributed by atoms with van der Waals surface area (Å²) in [6.45, 7) is 0. The lowest BCUT2D eigenvalue weighted by atomic mass is 9.73. The second kappa shape index (κ2) is 7.78. The van der Waals surface area contributed by atoms with Gasteiger partial charge in [-0.25, -0.2) is 0 Å². The summed E-state index contributed by atoms with van der Waals surface area (Å²) < 4.78 is 25.2. The standard InChI is InChI=1S/C31H16N2O4/c32-17-27-29(36-25-15-7-5-13-23(25)34-27)31(30-28(18-33)35-24-14-6-8-16-26(24)37-30)21-11-3-1-9-19(21)20-10-2-4-12-22(20)31/h1-16H. The Hall–Kier alpha value is -5.46. The second-order valence-corrected chi connectivity index (χ2v) is 8.68. The molecule has 0 radical (unpaired) electrons. The van der Waals surface area contributed by atoms with Gasteiger partial charge in [0.1, 0.15) is 17.6 Å². The lowest BCUT2D eigenvalue weighted by Gasteiger charge is -2.38. The van der Waals surface area contributed by atoms with Crippen LogP contribution in [0, 0.1) is 22.7 Å². The number of allylic oxidation sites excluding steroid dienone is 2. The minimum Gasteiger partial charge on any atom is -0.451 e. The van der Waals surface area contributed by atoms with E-state index in [1.807, 2.05) is 72.8 Å². The third-order valence-electron chi connectivity index (χ3n) is 6.80. The largest absolute Gasteiger partial charge is 0.451 e. The normalized spacial score (nSPS) is 15.8. The fraction of sp³-hybridized carbons (Fsp3) is 0.0323. The summed E-state index contributed by atoms with van der Waals surface area (Å²) in [7, 11) is 0. The molecule has 0 N–H and O–H groups in total. The molecule has 4 aromatic carbocycles.